The first-order valence-corrected chi connectivity index (χ1v) is 5.94. The molecule has 0 N–H and O–H groups in total. The summed E-state index contributed by atoms with van der Waals surface area (Å²) < 4.78 is 96.6. The van der Waals surface area contributed by atoms with Crippen molar-refractivity contribution in [2.75, 3.05) is 0 Å². The molecule has 0 amide bonds. The predicted octanol–water partition coefficient (Wildman–Crippen LogP) is 2.95. The molecule has 102 valence electrons. The molecule has 0 atom stereocenters. The van der Waals surface area contributed by atoms with Crippen LogP contribution in [0.1, 0.15) is 0 Å². The molecule has 0 aliphatic heterocycles. The largest absolute Gasteiger partial charge is 0.414 e. The molecule has 0 aromatic heterocycles. The molecule has 0 saturated carbocycles. The van der Waals surface area contributed by atoms with Crippen LogP contribution in [0.2, 0.25) is 0 Å². The second-order valence-corrected chi connectivity index (χ2v) is 5.35. The second kappa shape index (κ2) is 4.45. The van der Waals surface area contributed by atoms with Gasteiger partial charge in [0.25, 0.3) is 5.25 Å². The Bertz CT molecular complexity index is 488. The van der Waals surface area contributed by atoms with Gasteiger partial charge in [-0.3, -0.25) is 0 Å². The van der Waals surface area contributed by atoms with Crippen molar-refractivity contribution in [1.82, 2.24) is 0 Å². The van der Waals surface area contributed by atoms with Gasteiger partial charge in [-0.15, -0.1) is 0 Å². The highest BCUT2D eigenvalue weighted by atomic mass is 32.2. The Morgan fingerprint density at radius 1 is 0.833 bits per heavy atom. The van der Waals surface area contributed by atoms with E-state index >= 15 is 0 Å². The van der Waals surface area contributed by atoms with Gasteiger partial charge in [-0.2, -0.15) is 26.3 Å². The topological polar surface area (TPSA) is 34.1 Å². The van der Waals surface area contributed by atoms with Crippen LogP contribution in [-0.4, -0.2) is 26.0 Å². The maximum Gasteiger partial charge on any atom is 0.414 e. The highest BCUT2D eigenvalue weighted by Crippen LogP contribution is 2.40. The summed E-state index contributed by atoms with van der Waals surface area (Å²) in [5, 5.41) is -4.42. The van der Waals surface area contributed by atoms with Crippen LogP contribution in [0.4, 0.5) is 26.3 Å². The van der Waals surface area contributed by atoms with Crippen molar-refractivity contribution in [3.8, 4) is 0 Å². The first kappa shape index (κ1) is 14.8. The Labute approximate surface area is 98.1 Å². The lowest BCUT2D eigenvalue weighted by atomic mass is 10.4. The summed E-state index contributed by atoms with van der Waals surface area (Å²) >= 11 is 0. The molecule has 1 aromatic rings. The molecule has 0 heterocycles. The first-order valence-electron chi connectivity index (χ1n) is 4.40. The standard InChI is InChI=1S/C9H6F6O2S/c10-8(11,12)7(9(13,14)15)18(16,17)6-4-2-1-3-5-6/h1-5,7H. The number of rotatable bonds is 2. The van der Waals surface area contributed by atoms with Gasteiger partial charge in [-0.05, 0) is 12.1 Å². The van der Waals surface area contributed by atoms with Gasteiger partial charge in [-0.25, -0.2) is 8.42 Å². The van der Waals surface area contributed by atoms with E-state index in [0.717, 1.165) is 12.1 Å². The minimum atomic E-state index is -5.92. The SMILES string of the molecule is O=S(=O)(c1ccccc1)C(C(F)(F)F)C(F)(F)F. The summed E-state index contributed by atoms with van der Waals surface area (Å²) in [6, 6.07) is 4.71. The number of alkyl halides is 6. The second-order valence-electron chi connectivity index (χ2n) is 3.32. The molecule has 1 rings (SSSR count). The van der Waals surface area contributed by atoms with Crippen LogP contribution in [0.5, 0.6) is 0 Å². The molecule has 18 heavy (non-hydrogen) atoms. The normalized spacial score (nSPS) is 13.9. The number of benzene rings is 1. The van der Waals surface area contributed by atoms with E-state index in [1.165, 1.54) is 6.07 Å². The van der Waals surface area contributed by atoms with Crippen LogP contribution < -0.4 is 0 Å². The van der Waals surface area contributed by atoms with Crippen LogP contribution in [-0.2, 0) is 9.84 Å². The third-order valence-corrected chi connectivity index (χ3v) is 4.06. The molecule has 0 spiro atoms. The maximum absolute atomic E-state index is 12.3. The zero-order chi connectivity index (χ0) is 14.2. The zero-order valence-corrected chi connectivity index (χ0v) is 9.27. The van der Waals surface area contributed by atoms with E-state index in [1.807, 2.05) is 0 Å². The van der Waals surface area contributed by atoms with Gasteiger partial charge in [0.05, 0.1) is 4.90 Å². The quantitative estimate of drug-likeness (QED) is 0.785. The van der Waals surface area contributed by atoms with E-state index in [4.69, 9.17) is 0 Å². The van der Waals surface area contributed by atoms with Gasteiger partial charge >= 0.3 is 12.4 Å². The molecule has 1 aromatic carbocycles. The van der Waals surface area contributed by atoms with E-state index in [0.29, 0.717) is 12.1 Å². The van der Waals surface area contributed by atoms with Gasteiger partial charge in [-0.1, -0.05) is 18.2 Å². The van der Waals surface area contributed by atoms with Crippen LogP contribution in [0, 0.1) is 0 Å². The predicted molar refractivity (Wildman–Crippen MR) is 49.5 cm³/mol. The molecule has 0 bridgehead atoms. The molecule has 0 saturated heterocycles. The first-order chi connectivity index (χ1) is 7.97. The van der Waals surface area contributed by atoms with E-state index in [2.05, 4.69) is 0 Å². The summed E-state index contributed by atoms with van der Waals surface area (Å²) in [6.07, 6.45) is -11.8. The smallest absolute Gasteiger partial charge is 0.223 e. The summed E-state index contributed by atoms with van der Waals surface area (Å²) in [6.45, 7) is 0. The van der Waals surface area contributed by atoms with Crippen LogP contribution >= 0.6 is 0 Å². The fraction of sp³-hybridized carbons (Fsp3) is 0.333. The lowest BCUT2D eigenvalue weighted by Gasteiger charge is -2.22. The summed E-state index contributed by atoms with van der Waals surface area (Å²) in [4.78, 5) is -1.02. The maximum atomic E-state index is 12.3. The minimum absolute atomic E-state index is 0.680. The van der Waals surface area contributed by atoms with Gasteiger partial charge < -0.3 is 0 Å². The van der Waals surface area contributed by atoms with Gasteiger partial charge in [0, 0.05) is 0 Å². The molecule has 0 fully saturated rings. The van der Waals surface area contributed by atoms with Crippen LogP contribution in [0.25, 0.3) is 0 Å². The summed E-state index contributed by atoms with van der Waals surface area (Å²) in [5.74, 6) is 0. The van der Waals surface area contributed by atoms with Gasteiger partial charge in [0.2, 0.25) is 0 Å². The molecule has 0 aliphatic rings. The highest BCUT2D eigenvalue weighted by molar-refractivity contribution is 7.92. The van der Waals surface area contributed by atoms with E-state index in [9.17, 15) is 34.8 Å². The van der Waals surface area contributed by atoms with Crippen molar-refractivity contribution in [2.24, 2.45) is 0 Å². The third-order valence-electron chi connectivity index (χ3n) is 1.98. The van der Waals surface area contributed by atoms with Crippen molar-refractivity contribution in [2.45, 2.75) is 22.5 Å². The third kappa shape index (κ3) is 2.95. The van der Waals surface area contributed by atoms with Crippen molar-refractivity contribution < 1.29 is 34.8 Å². The Kier molecular flexibility index (Phi) is 3.66. The molecule has 9 heteroatoms. The Balaban J connectivity index is 3.41. The average Bonchev–Trinajstić information content (AvgIpc) is 2.13. The Morgan fingerprint density at radius 2 is 1.22 bits per heavy atom. The Morgan fingerprint density at radius 3 is 1.56 bits per heavy atom. The van der Waals surface area contributed by atoms with Gasteiger partial charge in [0.1, 0.15) is 0 Å². The van der Waals surface area contributed by atoms with Crippen molar-refractivity contribution in [3.63, 3.8) is 0 Å². The molecule has 0 aliphatic carbocycles. The fourth-order valence-corrected chi connectivity index (χ4v) is 2.80. The highest BCUT2D eigenvalue weighted by Gasteiger charge is 2.64. The zero-order valence-electron chi connectivity index (χ0n) is 8.46. The van der Waals surface area contributed by atoms with E-state index in [1.54, 1.807) is 0 Å². The molecular formula is C9H6F6O2S. The van der Waals surface area contributed by atoms with Crippen LogP contribution in [0.15, 0.2) is 35.2 Å². The number of halogens is 6. The van der Waals surface area contributed by atoms with Gasteiger partial charge in [0.15, 0.2) is 9.84 Å². The van der Waals surface area contributed by atoms with Crippen LogP contribution in [0.3, 0.4) is 0 Å². The van der Waals surface area contributed by atoms with Crippen molar-refractivity contribution in [3.05, 3.63) is 30.3 Å². The molecular weight excluding hydrogens is 286 g/mol. The lowest BCUT2D eigenvalue weighted by molar-refractivity contribution is -0.226. The number of hydrogen-bond acceptors (Lipinski definition) is 2. The number of hydrogen-bond donors (Lipinski definition) is 0. The van der Waals surface area contributed by atoms with E-state index < -0.39 is 32.3 Å². The minimum Gasteiger partial charge on any atom is -0.223 e. The Hall–Kier alpha value is -1.25. The van der Waals surface area contributed by atoms with Crippen molar-refractivity contribution >= 4 is 9.84 Å². The molecule has 2 nitrogen and oxygen atoms in total. The molecule has 0 radical (unpaired) electrons. The lowest BCUT2D eigenvalue weighted by Crippen LogP contribution is -2.48. The molecule has 0 unspecified atom stereocenters. The number of sulfone groups is 1. The van der Waals surface area contributed by atoms with Crippen molar-refractivity contribution in [1.29, 1.82) is 0 Å². The average molecular weight is 292 g/mol. The van der Waals surface area contributed by atoms with E-state index in [-0.39, 0.29) is 0 Å². The summed E-state index contributed by atoms with van der Waals surface area (Å²) in [5.41, 5.74) is 0. The fourth-order valence-electron chi connectivity index (χ4n) is 1.28. The summed E-state index contributed by atoms with van der Waals surface area (Å²) in [7, 11) is -5.57. The monoisotopic (exact) mass is 292 g/mol.